The standard InChI is InChI=1S/C26H38N2O5/c1-25-11-9-17(27-33-15-23(30)28-13-3-4-21(28)24(31)32)14-16(25)5-6-18-19-7-8-22(29)26(19,2)12-10-20(18)25/h14,18-22,29H,3-13,15H2,1-2H3,(H,31,32)/b27-17-/t18-,19-,20-,21+,22+,25-,26-/m0/s1. The lowest BCUT2D eigenvalue weighted by Gasteiger charge is -2.57. The number of oxime groups is 1. The molecular weight excluding hydrogens is 420 g/mol. The van der Waals surface area contributed by atoms with Crippen LogP contribution < -0.4 is 0 Å². The van der Waals surface area contributed by atoms with E-state index in [2.05, 4.69) is 25.1 Å². The van der Waals surface area contributed by atoms with Gasteiger partial charge in [-0.05, 0) is 98.9 Å². The van der Waals surface area contributed by atoms with Crippen LogP contribution in [-0.4, -0.2) is 58.0 Å². The van der Waals surface area contributed by atoms with Crippen LogP contribution in [0, 0.1) is 28.6 Å². The number of carbonyl (C=O) groups is 2. The number of carboxylic acids is 1. The molecule has 2 N–H and O–H groups in total. The third-order valence-corrected chi connectivity index (χ3v) is 10.2. The van der Waals surface area contributed by atoms with E-state index in [1.165, 1.54) is 29.7 Å². The fourth-order valence-corrected chi connectivity index (χ4v) is 8.19. The third-order valence-electron chi connectivity index (χ3n) is 10.2. The Labute approximate surface area is 196 Å². The molecule has 33 heavy (non-hydrogen) atoms. The normalized spacial score (nSPS) is 43.5. The number of hydrogen-bond acceptors (Lipinski definition) is 5. The Balaban J connectivity index is 1.24. The predicted molar refractivity (Wildman–Crippen MR) is 123 cm³/mol. The molecule has 0 spiro atoms. The van der Waals surface area contributed by atoms with Gasteiger partial charge in [0.2, 0.25) is 0 Å². The summed E-state index contributed by atoms with van der Waals surface area (Å²) < 4.78 is 0. The molecule has 0 aromatic rings. The molecule has 1 amide bonds. The van der Waals surface area contributed by atoms with Crippen LogP contribution in [0.2, 0.25) is 0 Å². The van der Waals surface area contributed by atoms with Crippen LogP contribution in [0.5, 0.6) is 0 Å². The molecule has 0 bridgehead atoms. The molecule has 0 radical (unpaired) electrons. The Hall–Kier alpha value is -1.89. The number of carboxylic acid groups (broad SMARTS) is 1. The third kappa shape index (κ3) is 3.71. The van der Waals surface area contributed by atoms with Crippen molar-refractivity contribution in [3.8, 4) is 0 Å². The van der Waals surface area contributed by atoms with Crippen LogP contribution in [0.3, 0.4) is 0 Å². The molecule has 1 saturated heterocycles. The van der Waals surface area contributed by atoms with Crippen molar-refractivity contribution in [3.63, 3.8) is 0 Å². The lowest BCUT2D eigenvalue weighted by Crippen LogP contribution is -2.51. The second-order valence-corrected chi connectivity index (χ2v) is 11.6. The smallest absolute Gasteiger partial charge is 0.326 e. The van der Waals surface area contributed by atoms with Gasteiger partial charge in [-0.3, -0.25) is 4.79 Å². The number of aliphatic carboxylic acids is 1. The average Bonchev–Trinajstić information content (AvgIpc) is 3.39. The van der Waals surface area contributed by atoms with Gasteiger partial charge >= 0.3 is 5.97 Å². The number of rotatable bonds is 4. The van der Waals surface area contributed by atoms with Crippen molar-refractivity contribution in [1.82, 2.24) is 4.90 Å². The number of fused-ring (bicyclic) bond motifs is 5. The number of amides is 1. The van der Waals surface area contributed by atoms with Gasteiger partial charge in [-0.15, -0.1) is 0 Å². The summed E-state index contributed by atoms with van der Waals surface area (Å²) in [5, 5.41) is 24.2. The zero-order valence-electron chi connectivity index (χ0n) is 20.0. The van der Waals surface area contributed by atoms with Crippen LogP contribution in [-0.2, 0) is 14.4 Å². The van der Waals surface area contributed by atoms with E-state index >= 15 is 0 Å². The zero-order valence-corrected chi connectivity index (χ0v) is 20.0. The van der Waals surface area contributed by atoms with Crippen LogP contribution in [0.1, 0.15) is 78.1 Å². The van der Waals surface area contributed by atoms with Crippen molar-refractivity contribution < 1.29 is 24.6 Å². The van der Waals surface area contributed by atoms with Crippen molar-refractivity contribution in [2.24, 2.45) is 33.7 Å². The van der Waals surface area contributed by atoms with Gasteiger partial charge in [0.15, 0.2) is 6.61 Å². The van der Waals surface area contributed by atoms with Crippen molar-refractivity contribution in [2.75, 3.05) is 13.2 Å². The molecule has 0 aromatic carbocycles. The van der Waals surface area contributed by atoms with E-state index in [9.17, 15) is 19.8 Å². The number of allylic oxidation sites excluding steroid dienone is 2. The van der Waals surface area contributed by atoms with Gasteiger partial charge in [-0.25, -0.2) is 4.79 Å². The minimum absolute atomic E-state index is 0.107. The molecule has 7 nitrogen and oxygen atoms in total. The highest BCUT2D eigenvalue weighted by molar-refractivity contribution is 5.96. The summed E-state index contributed by atoms with van der Waals surface area (Å²) in [7, 11) is 0. The molecule has 0 aromatic heterocycles. The minimum atomic E-state index is -0.950. The van der Waals surface area contributed by atoms with Crippen LogP contribution in [0.25, 0.3) is 0 Å². The SMILES string of the molecule is C[C@]12CC[C@H]3[C@@H](CCC4=C/C(=N\OCC(=O)N5CCC[C@@H]5C(=O)O)CC[C@@]43C)[C@@H]1CC[C@H]2O. The number of carbonyl (C=O) groups excluding carboxylic acids is 1. The van der Waals surface area contributed by atoms with Crippen LogP contribution >= 0.6 is 0 Å². The molecule has 5 rings (SSSR count). The van der Waals surface area contributed by atoms with Crippen LogP contribution in [0.4, 0.5) is 0 Å². The Morgan fingerprint density at radius 2 is 1.94 bits per heavy atom. The van der Waals surface area contributed by atoms with Crippen molar-refractivity contribution in [1.29, 1.82) is 0 Å². The monoisotopic (exact) mass is 458 g/mol. The summed E-state index contributed by atoms with van der Waals surface area (Å²) >= 11 is 0. The van der Waals surface area contributed by atoms with Gasteiger partial charge in [0, 0.05) is 6.54 Å². The Morgan fingerprint density at radius 3 is 2.73 bits per heavy atom. The van der Waals surface area contributed by atoms with E-state index < -0.39 is 12.0 Å². The van der Waals surface area contributed by atoms with E-state index in [0.29, 0.717) is 37.1 Å². The van der Waals surface area contributed by atoms with Crippen molar-refractivity contribution in [2.45, 2.75) is 90.2 Å². The van der Waals surface area contributed by atoms with Gasteiger partial charge < -0.3 is 20.0 Å². The first-order valence-corrected chi connectivity index (χ1v) is 12.8. The Bertz CT molecular complexity index is 884. The van der Waals surface area contributed by atoms with E-state index in [1.807, 2.05) is 0 Å². The second kappa shape index (κ2) is 8.40. The zero-order chi connectivity index (χ0) is 23.4. The largest absolute Gasteiger partial charge is 0.480 e. The van der Waals surface area contributed by atoms with E-state index in [0.717, 1.165) is 37.8 Å². The number of nitrogens with zero attached hydrogens (tertiary/aromatic N) is 2. The first-order valence-electron chi connectivity index (χ1n) is 12.8. The van der Waals surface area contributed by atoms with Crippen LogP contribution in [0.15, 0.2) is 16.8 Å². The number of aliphatic hydroxyl groups excluding tert-OH is 1. The molecule has 3 saturated carbocycles. The molecule has 7 atom stereocenters. The predicted octanol–water partition coefficient (Wildman–Crippen LogP) is 3.76. The van der Waals surface area contributed by atoms with Gasteiger partial charge in [0.05, 0.1) is 11.8 Å². The molecule has 182 valence electrons. The van der Waals surface area contributed by atoms with E-state index in [1.54, 1.807) is 0 Å². The Morgan fingerprint density at radius 1 is 1.12 bits per heavy atom. The molecule has 0 unspecified atom stereocenters. The first-order chi connectivity index (χ1) is 15.7. The Kier molecular flexibility index (Phi) is 5.82. The summed E-state index contributed by atoms with van der Waals surface area (Å²) in [6.45, 7) is 5.02. The molecule has 5 aliphatic rings. The summed E-state index contributed by atoms with van der Waals surface area (Å²) in [6, 6.07) is -0.736. The van der Waals surface area contributed by atoms with Gasteiger partial charge in [0.1, 0.15) is 6.04 Å². The minimum Gasteiger partial charge on any atom is -0.480 e. The summed E-state index contributed by atoms with van der Waals surface area (Å²) in [5.74, 6) is 0.775. The first kappa shape index (κ1) is 22.9. The second-order valence-electron chi connectivity index (χ2n) is 11.6. The maximum absolute atomic E-state index is 12.4. The van der Waals surface area contributed by atoms with E-state index in [-0.39, 0.29) is 29.4 Å². The maximum Gasteiger partial charge on any atom is 0.326 e. The maximum atomic E-state index is 12.4. The molecule has 4 aliphatic carbocycles. The molecule has 7 heteroatoms. The topological polar surface area (TPSA) is 99.4 Å². The quantitative estimate of drug-likeness (QED) is 0.625. The lowest BCUT2D eigenvalue weighted by molar-refractivity contribution is -0.150. The average molecular weight is 459 g/mol. The van der Waals surface area contributed by atoms with E-state index in [4.69, 9.17) is 4.84 Å². The molecule has 4 fully saturated rings. The fraction of sp³-hybridized carbons (Fsp3) is 0.808. The number of likely N-dealkylation sites (tertiary alicyclic amines) is 1. The summed E-state index contributed by atoms with van der Waals surface area (Å²) in [6.07, 6.45) is 11.9. The summed E-state index contributed by atoms with van der Waals surface area (Å²) in [4.78, 5) is 30.5. The van der Waals surface area contributed by atoms with Gasteiger partial charge in [-0.1, -0.05) is 24.6 Å². The molecular formula is C26H38N2O5. The lowest BCUT2D eigenvalue weighted by atomic mass is 9.47. The number of aliphatic hydroxyl groups is 1. The fourth-order valence-electron chi connectivity index (χ4n) is 8.19. The van der Waals surface area contributed by atoms with Gasteiger partial charge in [0.25, 0.3) is 5.91 Å². The highest BCUT2D eigenvalue weighted by Gasteiger charge is 2.58. The summed E-state index contributed by atoms with van der Waals surface area (Å²) in [5.41, 5.74) is 2.66. The van der Waals surface area contributed by atoms with Crippen molar-refractivity contribution >= 4 is 17.6 Å². The molecule has 1 aliphatic heterocycles. The van der Waals surface area contributed by atoms with Gasteiger partial charge in [-0.2, -0.15) is 0 Å². The molecule has 1 heterocycles. The number of hydrogen-bond donors (Lipinski definition) is 2. The highest BCUT2D eigenvalue weighted by Crippen LogP contribution is 2.65. The highest BCUT2D eigenvalue weighted by atomic mass is 16.6. The van der Waals surface area contributed by atoms with Crippen molar-refractivity contribution in [3.05, 3.63) is 11.6 Å².